The van der Waals surface area contributed by atoms with Crippen molar-refractivity contribution in [3.63, 3.8) is 0 Å². The minimum absolute atomic E-state index is 0.0337. The van der Waals surface area contributed by atoms with E-state index in [-0.39, 0.29) is 11.9 Å². The fraction of sp³-hybridized carbons (Fsp3) is 0.174. The van der Waals surface area contributed by atoms with E-state index in [1.165, 1.54) is 11.8 Å². The zero-order chi connectivity index (χ0) is 21.3. The first-order chi connectivity index (χ1) is 14.5. The lowest BCUT2D eigenvalue weighted by Gasteiger charge is -2.21. The zero-order valence-corrected chi connectivity index (χ0v) is 19.8. The molecule has 152 valence electrons. The molecule has 2 heterocycles. The largest absolute Gasteiger partial charge is 0.290 e. The van der Waals surface area contributed by atoms with Crippen molar-refractivity contribution in [3.05, 3.63) is 75.7 Å². The fourth-order valence-corrected chi connectivity index (χ4v) is 4.94. The maximum absolute atomic E-state index is 13.0. The summed E-state index contributed by atoms with van der Waals surface area (Å²) in [7, 11) is 0. The molecule has 0 aliphatic carbocycles. The summed E-state index contributed by atoms with van der Waals surface area (Å²) in [5.41, 5.74) is 3.64. The summed E-state index contributed by atoms with van der Waals surface area (Å²) in [4.78, 5) is 15.4. The number of carbonyl (C=O) groups is 1. The number of thioether (sulfide) groups is 1. The number of amides is 1. The lowest BCUT2D eigenvalue weighted by molar-refractivity contribution is -0.123. The van der Waals surface area contributed by atoms with Gasteiger partial charge in [0.2, 0.25) is 0 Å². The number of carbonyl (C=O) groups excluding carboxylic acids is 1. The Morgan fingerprint density at radius 1 is 1.17 bits per heavy atom. The number of benzene rings is 2. The van der Waals surface area contributed by atoms with Crippen LogP contribution in [0.5, 0.6) is 0 Å². The third-order valence-corrected chi connectivity index (χ3v) is 6.88. The van der Waals surface area contributed by atoms with Crippen molar-refractivity contribution >= 4 is 56.2 Å². The summed E-state index contributed by atoms with van der Waals surface area (Å²) in [6.07, 6.45) is 4.73. The van der Waals surface area contributed by atoms with Crippen LogP contribution in [0.1, 0.15) is 25.8 Å². The van der Waals surface area contributed by atoms with Crippen LogP contribution < -0.4 is 0 Å². The number of aromatic nitrogens is 2. The first-order valence-electron chi connectivity index (χ1n) is 9.66. The summed E-state index contributed by atoms with van der Waals surface area (Å²) in [5, 5.41) is 4.83. The van der Waals surface area contributed by atoms with Crippen molar-refractivity contribution in [1.29, 1.82) is 0 Å². The van der Waals surface area contributed by atoms with Gasteiger partial charge in [-0.05, 0) is 43.7 Å². The highest BCUT2D eigenvalue weighted by atomic mass is 79.9. The molecule has 0 unspecified atom stereocenters. The second-order valence-electron chi connectivity index (χ2n) is 7.03. The van der Waals surface area contributed by atoms with Gasteiger partial charge in [0, 0.05) is 27.8 Å². The van der Waals surface area contributed by atoms with Gasteiger partial charge in [-0.1, -0.05) is 77.2 Å². The number of hydrogen-bond donors (Lipinski definition) is 0. The molecule has 1 aliphatic heterocycles. The van der Waals surface area contributed by atoms with E-state index >= 15 is 0 Å². The third kappa shape index (κ3) is 4.15. The molecule has 1 fully saturated rings. The van der Waals surface area contributed by atoms with E-state index < -0.39 is 0 Å². The highest BCUT2D eigenvalue weighted by molar-refractivity contribution is 9.10. The topological polar surface area (TPSA) is 38.1 Å². The SMILES string of the molecule is CC[C@H](C)N1C(=O)/C(=C/c2cn(-c3ccccc3)nc2-c2ccc(Br)cc2)SC1=S. The number of thiocarbonyl (C=S) groups is 1. The molecule has 4 nitrogen and oxygen atoms in total. The zero-order valence-electron chi connectivity index (χ0n) is 16.6. The average Bonchev–Trinajstić information content (AvgIpc) is 3.30. The molecule has 0 bridgehead atoms. The van der Waals surface area contributed by atoms with Crippen molar-refractivity contribution < 1.29 is 4.79 Å². The molecule has 7 heteroatoms. The van der Waals surface area contributed by atoms with E-state index in [1.807, 2.05) is 78.5 Å². The van der Waals surface area contributed by atoms with Gasteiger partial charge >= 0.3 is 0 Å². The second kappa shape index (κ2) is 8.88. The Balaban J connectivity index is 1.79. The standard InChI is InChI=1S/C23H20BrN3OS2/c1-3-15(2)27-22(28)20(30-23(27)29)13-17-14-26(19-7-5-4-6-8-19)25-21(17)16-9-11-18(24)12-10-16/h4-15H,3H2,1-2H3/b20-13-/t15-/m0/s1. The van der Waals surface area contributed by atoms with Gasteiger partial charge in [0.1, 0.15) is 4.32 Å². The highest BCUT2D eigenvalue weighted by Crippen LogP contribution is 2.36. The molecule has 4 rings (SSSR count). The van der Waals surface area contributed by atoms with Crippen LogP contribution in [-0.4, -0.2) is 30.9 Å². The minimum Gasteiger partial charge on any atom is -0.290 e. The van der Waals surface area contributed by atoms with E-state index in [4.69, 9.17) is 17.3 Å². The molecule has 1 atom stereocenters. The van der Waals surface area contributed by atoms with Crippen LogP contribution in [0.4, 0.5) is 0 Å². The molecule has 1 aromatic heterocycles. The Kier molecular flexibility index (Phi) is 6.22. The molecular weight excluding hydrogens is 478 g/mol. The van der Waals surface area contributed by atoms with Gasteiger partial charge in [0.25, 0.3) is 5.91 Å². The average molecular weight is 498 g/mol. The normalized spacial score (nSPS) is 16.5. The lowest BCUT2D eigenvalue weighted by Crippen LogP contribution is -2.36. The van der Waals surface area contributed by atoms with E-state index in [2.05, 4.69) is 22.9 Å². The molecule has 3 aromatic rings. The highest BCUT2D eigenvalue weighted by Gasteiger charge is 2.35. The number of rotatable bonds is 5. The van der Waals surface area contributed by atoms with Crippen LogP contribution in [0.3, 0.4) is 0 Å². The number of para-hydroxylation sites is 1. The molecule has 1 saturated heterocycles. The van der Waals surface area contributed by atoms with E-state index in [1.54, 1.807) is 4.90 Å². The number of nitrogens with zero attached hydrogens (tertiary/aromatic N) is 3. The van der Waals surface area contributed by atoms with Crippen LogP contribution in [0, 0.1) is 0 Å². The minimum atomic E-state index is -0.0337. The molecule has 1 amide bonds. The van der Waals surface area contributed by atoms with Gasteiger partial charge in [-0.3, -0.25) is 9.69 Å². The molecule has 0 spiro atoms. The summed E-state index contributed by atoms with van der Waals surface area (Å²) in [5.74, 6) is -0.0337. The Morgan fingerprint density at radius 3 is 2.53 bits per heavy atom. The lowest BCUT2D eigenvalue weighted by atomic mass is 10.1. The van der Waals surface area contributed by atoms with Crippen molar-refractivity contribution in [3.8, 4) is 16.9 Å². The maximum Gasteiger partial charge on any atom is 0.266 e. The van der Waals surface area contributed by atoms with Crippen LogP contribution in [0.2, 0.25) is 0 Å². The summed E-state index contributed by atoms with van der Waals surface area (Å²) < 4.78 is 3.46. The molecular formula is C23H20BrN3OS2. The van der Waals surface area contributed by atoms with E-state index in [0.29, 0.717) is 9.23 Å². The first kappa shape index (κ1) is 21.0. The van der Waals surface area contributed by atoms with Crippen LogP contribution in [0.25, 0.3) is 23.0 Å². The molecule has 0 saturated carbocycles. The van der Waals surface area contributed by atoms with Gasteiger partial charge in [0.15, 0.2) is 0 Å². The molecule has 1 aliphatic rings. The van der Waals surface area contributed by atoms with E-state index in [0.717, 1.165) is 33.4 Å². The summed E-state index contributed by atoms with van der Waals surface area (Å²) in [6.45, 7) is 4.08. The monoisotopic (exact) mass is 497 g/mol. The summed E-state index contributed by atoms with van der Waals surface area (Å²) in [6, 6.07) is 18.0. The second-order valence-corrected chi connectivity index (χ2v) is 9.62. The predicted molar refractivity (Wildman–Crippen MR) is 131 cm³/mol. The van der Waals surface area contributed by atoms with Gasteiger partial charge in [0.05, 0.1) is 16.3 Å². The molecule has 2 aromatic carbocycles. The molecule has 0 N–H and O–H groups in total. The van der Waals surface area contributed by atoms with Gasteiger partial charge < -0.3 is 0 Å². The van der Waals surface area contributed by atoms with Crippen molar-refractivity contribution in [2.75, 3.05) is 0 Å². The number of halogens is 1. The smallest absolute Gasteiger partial charge is 0.266 e. The Bertz CT molecular complexity index is 1120. The maximum atomic E-state index is 13.0. The van der Waals surface area contributed by atoms with E-state index in [9.17, 15) is 4.79 Å². The number of hydrogen-bond acceptors (Lipinski definition) is 4. The van der Waals surface area contributed by atoms with Gasteiger partial charge in [-0.15, -0.1) is 0 Å². The molecule has 30 heavy (non-hydrogen) atoms. The predicted octanol–water partition coefficient (Wildman–Crippen LogP) is 6.30. The Morgan fingerprint density at radius 2 is 1.87 bits per heavy atom. The van der Waals surface area contributed by atoms with Crippen molar-refractivity contribution in [1.82, 2.24) is 14.7 Å². The van der Waals surface area contributed by atoms with Gasteiger partial charge in [-0.2, -0.15) is 5.10 Å². The summed E-state index contributed by atoms with van der Waals surface area (Å²) >= 11 is 10.3. The molecule has 0 radical (unpaired) electrons. The Hall–Kier alpha value is -2.22. The fourth-order valence-electron chi connectivity index (χ4n) is 3.22. The van der Waals surface area contributed by atoms with Gasteiger partial charge in [-0.25, -0.2) is 4.68 Å². The van der Waals surface area contributed by atoms with Crippen molar-refractivity contribution in [2.45, 2.75) is 26.3 Å². The Labute approximate surface area is 194 Å². The quantitative estimate of drug-likeness (QED) is 0.306. The van der Waals surface area contributed by atoms with Crippen LogP contribution in [0.15, 0.2) is 70.2 Å². The first-order valence-corrected chi connectivity index (χ1v) is 11.7. The van der Waals surface area contributed by atoms with Crippen LogP contribution >= 0.6 is 39.9 Å². The van der Waals surface area contributed by atoms with Crippen molar-refractivity contribution in [2.24, 2.45) is 0 Å². The van der Waals surface area contributed by atoms with Crippen LogP contribution in [-0.2, 0) is 4.79 Å². The third-order valence-electron chi connectivity index (χ3n) is 5.02.